The average molecular weight is 335 g/mol. The third-order valence-electron chi connectivity index (χ3n) is 3.23. The molecule has 23 heavy (non-hydrogen) atoms. The Bertz CT molecular complexity index is 842. The maximum atomic E-state index is 12.6. The molecule has 1 aromatic carbocycles. The molecule has 0 aliphatic heterocycles. The Labute approximate surface area is 137 Å². The smallest absolute Gasteiger partial charge is 0.343 e. The van der Waals surface area contributed by atoms with E-state index in [2.05, 4.69) is 5.10 Å². The molecule has 6 nitrogen and oxygen atoms in total. The van der Waals surface area contributed by atoms with Crippen molar-refractivity contribution in [2.75, 3.05) is 6.61 Å². The fourth-order valence-corrected chi connectivity index (χ4v) is 2.18. The number of nitrogens with zero attached hydrogens (tertiary/aromatic N) is 2. The van der Waals surface area contributed by atoms with Crippen molar-refractivity contribution in [2.45, 2.75) is 20.8 Å². The summed E-state index contributed by atoms with van der Waals surface area (Å²) in [6.45, 7) is 4.77. The fraction of sp³-hybridized carbons (Fsp3) is 0.250. The van der Waals surface area contributed by atoms with Gasteiger partial charge in [0.05, 0.1) is 12.3 Å². The van der Waals surface area contributed by atoms with Crippen LogP contribution < -0.4 is 5.56 Å². The summed E-state index contributed by atoms with van der Waals surface area (Å²) in [5.41, 5.74) is 0.0905. The minimum absolute atomic E-state index is 0.00738. The number of ether oxygens (including phenoxy) is 1. The second-order valence-corrected chi connectivity index (χ2v) is 5.23. The van der Waals surface area contributed by atoms with Crippen LogP contribution in [0.1, 0.15) is 40.3 Å². The number of esters is 1. The summed E-state index contributed by atoms with van der Waals surface area (Å²) in [5.74, 6) is -1.17. The lowest BCUT2D eigenvalue weighted by molar-refractivity contribution is 0.0523. The van der Waals surface area contributed by atoms with Crippen LogP contribution in [-0.4, -0.2) is 28.1 Å². The number of aromatic nitrogens is 2. The Morgan fingerprint density at radius 2 is 2.04 bits per heavy atom. The van der Waals surface area contributed by atoms with Crippen molar-refractivity contribution < 1.29 is 14.3 Å². The monoisotopic (exact) mass is 334 g/mol. The van der Waals surface area contributed by atoms with E-state index in [9.17, 15) is 14.4 Å². The molecule has 0 bridgehead atoms. The van der Waals surface area contributed by atoms with Crippen molar-refractivity contribution in [1.29, 1.82) is 0 Å². The maximum absolute atomic E-state index is 12.6. The highest BCUT2D eigenvalue weighted by molar-refractivity contribution is 6.31. The Morgan fingerprint density at radius 1 is 1.35 bits per heavy atom. The highest BCUT2D eigenvalue weighted by Gasteiger charge is 2.20. The zero-order chi connectivity index (χ0) is 17.1. The molecule has 0 N–H and O–H groups in total. The molecule has 0 aliphatic rings. The van der Waals surface area contributed by atoms with Gasteiger partial charge in [-0.2, -0.15) is 9.78 Å². The summed E-state index contributed by atoms with van der Waals surface area (Å²) in [5, 5.41) is 4.48. The van der Waals surface area contributed by atoms with E-state index in [1.807, 2.05) is 0 Å². The van der Waals surface area contributed by atoms with Gasteiger partial charge in [0.1, 0.15) is 11.3 Å². The molecule has 0 radical (unpaired) electrons. The topological polar surface area (TPSA) is 78.3 Å². The number of hydrogen-bond donors (Lipinski definition) is 0. The van der Waals surface area contributed by atoms with Gasteiger partial charge in [0.25, 0.3) is 5.56 Å². The van der Waals surface area contributed by atoms with Crippen LogP contribution in [0.3, 0.4) is 0 Å². The predicted molar refractivity (Wildman–Crippen MR) is 85.5 cm³/mol. The molecular formula is C16H15ClN2O4. The van der Waals surface area contributed by atoms with Crippen LogP contribution in [0.4, 0.5) is 0 Å². The van der Waals surface area contributed by atoms with Crippen LogP contribution >= 0.6 is 11.6 Å². The van der Waals surface area contributed by atoms with Gasteiger partial charge in [0.15, 0.2) is 5.78 Å². The van der Waals surface area contributed by atoms with Crippen molar-refractivity contribution in [3.63, 3.8) is 0 Å². The van der Waals surface area contributed by atoms with Crippen LogP contribution in [0.15, 0.2) is 29.1 Å². The van der Waals surface area contributed by atoms with E-state index in [1.54, 1.807) is 32.0 Å². The summed E-state index contributed by atoms with van der Waals surface area (Å²) < 4.78 is 5.88. The first-order chi connectivity index (χ1) is 10.9. The highest BCUT2D eigenvalue weighted by Crippen LogP contribution is 2.20. The quantitative estimate of drug-likeness (QED) is 0.634. The molecule has 2 rings (SSSR count). The number of carbonyl (C=O) groups excluding carboxylic acids is 2. The van der Waals surface area contributed by atoms with Gasteiger partial charge in [-0.15, -0.1) is 0 Å². The summed E-state index contributed by atoms with van der Waals surface area (Å²) in [6.07, 6.45) is 0. The van der Waals surface area contributed by atoms with Crippen molar-refractivity contribution >= 4 is 23.4 Å². The maximum Gasteiger partial charge on any atom is 0.343 e. The molecule has 0 spiro atoms. The highest BCUT2D eigenvalue weighted by atomic mass is 35.5. The molecule has 0 saturated carbocycles. The lowest BCUT2D eigenvalue weighted by Crippen LogP contribution is -2.30. The lowest BCUT2D eigenvalue weighted by Gasteiger charge is -2.12. The number of carbonyl (C=O) groups is 2. The van der Waals surface area contributed by atoms with Crippen LogP contribution in [-0.2, 0) is 4.74 Å². The van der Waals surface area contributed by atoms with E-state index >= 15 is 0 Å². The number of rotatable bonds is 4. The predicted octanol–water partition coefficient (Wildman–Crippen LogP) is 2.57. The molecule has 0 unspecified atom stereocenters. The van der Waals surface area contributed by atoms with E-state index in [0.29, 0.717) is 16.3 Å². The Kier molecular flexibility index (Phi) is 4.95. The first kappa shape index (κ1) is 16.9. The van der Waals surface area contributed by atoms with Crippen LogP contribution in [0.25, 0.3) is 5.69 Å². The van der Waals surface area contributed by atoms with Gasteiger partial charge >= 0.3 is 5.97 Å². The van der Waals surface area contributed by atoms with Gasteiger partial charge in [0, 0.05) is 11.9 Å². The van der Waals surface area contributed by atoms with Gasteiger partial charge in [-0.05, 0) is 37.6 Å². The molecule has 2 aromatic rings. The molecule has 1 aromatic heterocycles. The number of ketones is 1. The van der Waals surface area contributed by atoms with Gasteiger partial charge in [0.2, 0.25) is 0 Å². The molecule has 0 amide bonds. The Morgan fingerprint density at radius 3 is 2.65 bits per heavy atom. The summed E-state index contributed by atoms with van der Waals surface area (Å²) in [7, 11) is 0. The van der Waals surface area contributed by atoms with Gasteiger partial charge in [-0.3, -0.25) is 9.59 Å². The summed E-state index contributed by atoms with van der Waals surface area (Å²) >= 11 is 6.07. The van der Waals surface area contributed by atoms with Crippen molar-refractivity contribution in [1.82, 2.24) is 9.78 Å². The molecule has 0 fully saturated rings. The molecule has 7 heteroatoms. The third-order valence-corrected chi connectivity index (χ3v) is 3.64. The standard InChI is InChI=1S/C16H15ClN2O4/c1-4-23-16(22)11-8-13(10(3)20)18-19(15(11)21)14-7-5-6-12(17)9(14)2/h5-8H,4H2,1-3H3. The van der Waals surface area contributed by atoms with Crippen molar-refractivity contribution in [3.05, 3.63) is 56.5 Å². The molecule has 0 atom stereocenters. The van der Waals surface area contributed by atoms with E-state index in [0.717, 1.165) is 10.7 Å². The molecule has 1 heterocycles. The normalized spacial score (nSPS) is 10.4. The second kappa shape index (κ2) is 6.75. The second-order valence-electron chi connectivity index (χ2n) is 4.82. The minimum atomic E-state index is -0.796. The number of Topliss-reactive ketones (excluding diaryl/α,β-unsaturated/α-hetero) is 1. The molecule has 120 valence electrons. The zero-order valence-corrected chi connectivity index (χ0v) is 13.7. The first-order valence-electron chi connectivity index (χ1n) is 6.94. The van der Waals surface area contributed by atoms with Gasteiger partial charge in [-0.25, -0.2) is 4.79 Å². The van der Waals surface area contributed by atoms with E-state index < -0.39 is 11.5 Å². The minimum Gasteiger partial charge on any atom is -0.462 e. The summed E-state index contributed by atoms with van der Waals surface area (Å²) in [6, 6.07) is 6.11. The fourth-order valence-electron chi connectivity index (χ4n) is 2.01. The van der Waals surface area contributed by atoms with E-state index in [1.165, 1.54) is 6.92 Å². The van der Waals surface area contributed by atoms with Crippen LogP contribution in [0, 0.1) is 6.92 Å². The third kappa shape index (κ3) is 3.32. The molecule has 0 aliphatic carbocycles. The average Bonchev–Trinajstić information content (AvgIpc) is 2.50. The van der Waals surface area contributed by atoms with Crippen molar-refractivity contribution in [3.8, 4) is 5.69 Å². The van der Waals surface area contributed by atoms with Gasteiger partial charge in [-0.1, -0.05) is 17.7 Å². The summed E-state index contributed by atoms with van der Waals surface area (Å²) in [4.78, 5) is 36.2. The van der Waals surface area contributed by atoms with Crippen molar-refractivity contribution in [2.24, 2.45) is 0 Å². The Hall–Kier alpha value is -2.47. The lowest BCUT2D eigenvalue weighted by atomic mass is 10.2. The Balaban J connectivity index is 2.77. The van der Waals surface area contributed by atoms with E-state index in [-0.39, 0.29) is 23.6 Å². The number of hydrogen-bond acceptors (Lipinski definition) is 5. The van der Waals surface area contributed by atoms with Crippen LogP contribution in [0.5, 0.6) is 0 Å². The first-order valence-corrected chi connectivity index (χ1v) is 7.32. The number of benzene rings is 1. The van der Waals surface area contributed by atoms with Crippen LogP contribution in [0.2, 0.25) is 5.02 Å². The SMILES string of the molecule is CCOC(=O)c1cc(C(C)=O)nn(-c2cccc(Cl)c2C)c1=O. The molecular weight excluding hydrogens is 320 g/mol. The number of halogens is 1. The zero-order valence-electron chi connectivity index (χ0n) is 12.9. The van der Waals surface area contributed by atoms with E-state index in [4.69, 9.17) is 16.3 Å². The molecule has 0 saturated heterocycles. The van der Waals surface area contributed by atoms with Gasteiger partial charge < -0.3 is 4.74 Å². The largest absolute Gasteiger partial charge is 0.462 e.